The van der Waals surface area contributed by atoms with Crippen molar-refractivity contribution in [1.82, 2.24) is 5.32 Å². The van der Waals surface area contributed by atoms with Crippen LogP contribution in [0.2, 0.25) is 0 Å². The molecule has 0 bridgehead atoms. The maximum absolute atomic E-state index is 13.2. The average molecular weight is 236 g/mol. The van der Waals surface area contributed by atoms with Crippen molar-refractivity contribution in [3.05, 3.63) is 29.6 Å². The SMILES string of the molecule is CCCC1N=C(c2ccc(O)c(F)c2)NC1=O. The van der Waals surface area contributed by atoms with Gasteiger partial charge in [0, 0.05) is 5.56 Å². The number of aromatic hydroxyl groups is 1. The van der Waals surface area contributed by atoms with E-state index in [9.17, 15) is 9.18 Å². The minimum absolute atomic E-state index is 0.157. The van der Waals surface area contributed by atoms with Crippen molar-refractivity contribution in [1.29, 1.82) is 0 Å². The van der Waals surface area contributed by atoms with Gasteiger partial charge in [-0.15, -0.1) is 0 Å². The molecule has 4 nitrogen and oxygen atoms in total. The van der Waals surface area contributed by atoms with Gasteiger partial charge in [0.15, 0.2) is 11.6 Å². The Balaban J connectivity index is 2.26. The molecule has 1 aromatic carbocycles. The first-order chi connectivity index (χ1) is 8.11. The minimum atomic E-state index is -0.724. The summed E-state index contributed by atoms with van der Waals surface area (Å²) >= 11 is 0. The number of benzene rings is 1. The summed E-state index contributed by atoms with van der Waals surface area (Å²) in [4.78, 5) is 15.7. The van der Waals surface area contributed by atoms with E-state index in [4.69, 9.17) is 5.11 Å². The molecule has 1 aliphatic heterocycles. The van der Waals surface area contributed by atoms with Crippen molar-refractivity contribution in [2.45, 2.75) is 25.8 Å². The largest absolute Gasteiger partial charge is 0.505 e. The van der Waals surface area contributed by atoms with Gasteiger partial charge in [-0.2, -0.15) is 0 Å². The highest BCUT2D eigenvalue weighted by molar-refractivity contribution is 6.13. The molecule has 0 aromatic heterocycles. The number of nitrogens with one attached hydrogen (secondary N) is 1. The zero-order valence-electron chi connectivity index (χ0n) is 9.40. The molecule has 1 unspecified atom stereocenters. The first-order valence-electron chi connectivity index (χ1n) is 5.49. The maximum Gasteiger partial charge on any atom is 0.250 e. The number of halogens is 1. The van der Waals surface area contributed by atoms with Crippen LogP contribution in [0, 0.1) is 5.82 Å². The topological polar surface area (TPSA) is 61.7 Å². The molecule has 0 aliphatic carbocycles. The molecule has 90 valence electrons. The third-order valence-electron chi connectivity index (χ3n) is 2.61. The first kappa shape index (κ1) is 11.6. The van der Waals surface area contributed by atoms with E-state index in [0.717, 1.165) is 12.5 Å². The smallest absolute Gasteiger partial charge is 0.250 e. The van der Waals surface area contributed by atoms with Crippen LogP contribution >= 0.6 is 0 Å². The van der Waals surface area contributed by atoms with E-state index in [2.05, 4.69) is 10.3 Å². The van der Waals surface area contributed by atoms with E-state index in [0.29, 0.717) is 17.8 Å². The highest BCUT2D eigenvalue weighted by Crippen LogP contribution is 2.18. The Labute approximate surface area is 98.2 Å². The van der Waals surface area contributed by atoms with Crippen molar-refractivity contribution in [3.8, 4) is 5.75 Å². The van der Waals surface area contributed by atoms with Crippen LogP contribution in [0.25, 0.3) is 0 Å². The molecule has 2 N–H and O–H groups in total. The number of carbonyl (C=O) groups excluding carboxylic acids is 1. The molecular formula is C12H13FN2O2. The van der Waals surface area contributed by atoms with E-state index in [1.165, 1.54) is 12.1 Å². The molecule has 1 aliphatic rings. The summed E-state index contributed by atoms with van der Waals surface area (Å²) in [5.41, 5.74) is 0.465. The van der Waals surface area contributed by atoms with Crippen LogP contribution < -0.4 is 5.32 Å². The third kappa shape index (κ3) is 2.27. The lowest BCUT2D eigenvalue weighted by molar-refractivity contribution is -0.120. The molecule has 17 heavy (non-hydrogen) atoms. The lowest BCUT2D eigenvalue weighted by Crippen LogP contribution is -2.29. The zero-order valence-corrected chi connectivity index (χ0v) is 9.40. The Morgan fingerprint density at radius 2 is 2.29 bits per heavy atom. The number of nitrogens with zero attached hydrogens (tertiary/aromatic N) is 1. The summed E-state index contributed by atoms with van der Waals surface area (Å²) in [5.74, 6) is -0.926. The molecule has 1 aromatic rings. The summed E-state index contributed by atoms with van der Waals surface area (Å²) in [6.45, 7) is 1.97. The number of hydrogen-bond acceptors (Lipinski definition) is 3. The fourth-order valence-corrected chi connectivity index (χ4v) is 1.72. The Kier molecular flexibility index (Phi) is 3.08. The molecule has 0 fully saturated rings. The van der Waals surface area contributed by atoms with E-state index in [1.54, 1.807) is 0 Å². The molecule has 0 spiro atoms. The molecule has 1 amide bonds. The van der Waals surface area contributed by atoms with Gasteiger partial charge in [0.05, 0.1) is 0 Å². The van der Waals surface area contributed by atoms with Crippen LogP contribution in [0.1, 0.15) is 25.3 Å². The van der Waals surface area contributed by atoms with Crippen molar-refractivity contribution in [3.63, 3.8) is 0 Å². The van der Waals surface area contributed by atoms with Crippen LogP contribution in [0.15, 0.2) is 23.2 Å². The summed E-state index contributed by atoms with van der Waals surface area (Å²) < 4.78 is 13.2. The standard InChI is InChI=1S/C12H13FN2O2/c1-2-3-9-12(17)15-11(14-9)7-4-5-10(16)8(13)6-7/h4-6,9,16H,2-3H2,1H3,(H,14,15,17). The van der Waals surface area contributed by atoms with Crippen molar-refractivity contribution < 1.29 is 14.3 Å². The van der Waals surface area contributed by atoms with Crippen LogP contribution in [0.5, 0.6) is 5.75 Å². The molecule has 0 saturated carbocycles. The van der Waals surface area contributed by atoms with Gasteiger partial charge in [-0.1, -0.05) is 13.3 Å². The number of amidine groups is 1. The first-order valence-corrected chi connectivity index (χ1v) is 5.49. The second kappa shape index (κ2) is 4.53. The summed E-state index contributed by atoms with van der Waals surface area (Å²) in [5, 5.41) is 11.7. The quantitative estimate of drug-likeness (QED) is 0.836. The third-order valence-corrected chi connectivity index (χ3v) is 2.61. The molecule has 0 saturated heterocycles. The van der Waals surface area contributed by atoms with Crippen molar-refractivity contribution >= 4 is 11.7 Å². The van der Waals surface area contributed by atoms with Gasteiger partial charge in [0.2, 0.25) is 5.91 Å². The van der Waals surface area contributed by atoms with Crippen LogP contribution in [0.3, 0.4) is 0 Å². The van der Waals surface area contributed by atoms with E-state index < -0.39 is 11.6 Å². The number of aliphatic imine (C=N–C) groups is 1. The lowest BCUT2D eigenvalue weighted by Gasteiger charge is -2.01. The van der Waals surface area contributed by atoms with Gasteiger partial charge in [-0.25, -0.2) is 4.39 Å². The van der Waals surface area contributed by atoms with Crippen LogP contribution in [-0.4, -0.2) is 22.9 Å². The molecule has 2 rings (SSSR count). The molecule has 1 atom stereocenters. The Hall–Kier alpha value is -1.91. The number of phenols is 1. The van der Waals surface area contributed by atoms with Crippen molar-refractivity contribution in [2.24, 2.45) is 4.99 Å². The van der Waals surface area contributed by atoms with E-state index in [-0.39, 0.29) is 11.9 Å². The second-order valence-electron chi connectivity index (χ2n) is 3.94. The van der Waals surface area contributed by atoms with Gasteiger partial charge in [-0.3, -0.25) is 9.79 Å². The molecule has 5 heteroatoms. The minimum Gasteiger partial charge on any atom is -0.505 e. The lowest BCUT2D eigenvalue weighted by atomic mass is 10.2. The fraction of sp³-hybridized carbons (Fsp3) is 0.333. The highest BCUT2D eigenvalue weighted by atomic mass is 19.1. The fourth-order valence-electron chi connectivity index (χ4n) is 1.72. The van der Waals surface area contributed by atoms with Gasteiger partial charge in [0.1, 0.15) is 11.9 Å². The van der Waals surface area contributed by atoms with Crippen molar-refractivity contribution in [2.75, 3.05) is 0 Å². The van der Waals surface area contributed by atoms with Gasteiger partial charge in [-0.05, 0) is 24.6 Å². The summed E-state index contributed by atoms with van der Waals surface area (Å²) in [6, 6.07) is 3.54. The monoisotopic (exact) mass is 236 g/mol. The Morgan fingerprint density at radius 1 is 1.53 bits per heavy atom. The normalized spacial score (nSPS) is 19.1. The highest BCUT2D eigenvalue weighted by Gasteiger charge is 2.26. The predicted octanol–water partition coefficient (Wildman–Crippen LogP) is 1.58. The number of hydrogen-bond donors (Lipinski definition) is 2. The maximum atomic E-state index is 13.2. The number of phenolic OH excluding ortho intramolecular Hbond substituents is 1. The van der Waals surface area contributed by atoms with Gasteiger partial charge >= 0.3 is 0 Å². The van der Waals surface area contributed by atoms with E-state index >= 15 is 0 Å². The number of rotatable bonds is 3. The Morgan fingerprint density at radius 3 is 2.94 bits per heavy atom. The second-order valence-corrected chi connectivity index (χ2v) is 3.94. The van der Waals surface area contributed by atoms with E-state index in [1.807, 2.05) is 6.92 Å². The zero-order chi connectivity index (χ0) is 12.4. The Bertz CT molecular complexity index is 485. The molecule has 0 radical (unpaired) electrons. The van der Waals surface area contributed by atoms with Crippen LogP contribution in [-0.2, 0) is 4.79 Å². The summed E-state index contributed by atoms with van der Waals surface area (Å²) in [7, 11) is 0. The molecule has 1 heterocycles. The predicted molar refractivity (Wildman–Crippen MR) is 61.4 cm³/mol. The van der Waals surface area contributed by atoms with Crippen LogP contribution in [0.4, 0.5) is 4.39 Å². The van der Waals surface area contributed by atoms with Gasteiger partial charge in [0.25, 0.3) is 0 Å². The van der Waals surface area contributed by atoms with Gasteiger partial charge < -0.3 is 10.4 Å². The number of amides is 1. The average Bonchev–Trinajstić information content (AvgIpc) is 2.65. The summed E-state index contributed by atoms with van der Waals surface area (Å²) in [6.07, 6.45) is 1.54. The molecular weight excluding hydrogens is 223 g/mol. The number of carbonyl (C=O) groups is 1.